The number of esters is 1. The van der Waals surface area contributed by atoms with E-state index in [-0.39, 0.29) is 18.1 Å². The first-order valence-corrected chi connectivity index (χ1v) is 11.2. The minimum absolute atomic E-state index is 0.121. The van der Waals surface area contributed by atoms with Gasteiger partial charge >= 0.3 is 5.97 Å². The van der Waals surface area contributed by atoms with Crippen LogP contribution in [-0.2, 0) is 19.1 Å². The number of carbonyl (C=O) groups is 3. The van der Waals surface area contributed by atoms with Crippen molar-refractivity contribution in [1.82, 2.24) is 4.90 Å². The third-order valence-corrected chi connectivity index (χ3v) is 5.58. The van der Waals surface area contributed by atoms with Gasteiger partial charge < -0.3 is 24.4 Å². The summed E-state index contributed by atoms with van der Waals surface area (Å²) < 4.78 is 15.5. The maximum Gasteiger partial charge on any atom is 0.325 e. The summed E-state index contributed by atoms with van der Waals surface area (Å²) in [6.07, 6.45) is 0.697. The van der Waals surface area contributed by atoms with Crippen molar-refractivity contribution in [2.45, 2.75) is 25.8 Å². The molecule has 9 nitrogen and oxygen atoms in total. The van der Waals surface area contributed by atoms with E-state index in [2.05, 4.69) is 5.32 Å². The van der Waals surface area contributed by atoms with Crippen LogP contribution in [0.4, 0.5) is 11.4 Å². The third-order valence-electron chi connectivity index (χ3n) is 5.17. The van der Waals surface area contributed by atoms with Crippen molar-refractivity contribution >= 4 is 46.5 Å². The van der Waals surface area contributed by atoms with Gasteiger partial charge in [0, 0.05) is 5.69 Å². The molecule has 0 aliphatic carbocycles. The average molecular weight is 486 g/mol. The van der Waals surface area contributed by atoms with Gasteiger partial charge in [0.05, 0.1) is 32.9 Å². The first-order chi connectivity index (χ1) is 16.4. The average Bonchev–Trinajstić information content (AvgIpc) is 3.07. The molecule has 1 heterocycles. The molecule has 180 valence electrons. The first kappa shape index (κ1) is 25.0. The molecule has 10 heteroatoms. The van der Waals surface area contributed by atoms with Crippen LogP contribution < -0.4 is 19.7 Å². The molecule has 3 rings (SSSR count). The second kappa shape index (κ2) is 11.5. The Hall–Kier alpha value is -3.66. The summed E-state index contributed by atoms with van der Waals surface area (Å²) in [7, 11) is 2.79. The van der Waals surface area contributed by atoms with Crippen molar-refractivity contribution in [3.63, 3.8) is 0 Å². The van der Waals surface area contributed by atoms with Crippen LogP contribution in [0.15, 0.2) is 48.5 Å². The van der Waals surface area contributed by atoms with Crippen molar-refractivity contribution in [3.8, 4) is 11.5 Å². The number of hydrogen-bond acceptors (Lipinski definition) is 7. The summed E-state index contributed by atoms with van der Waals surface area (Å²) >= 11 is 5.50. The Morgan fingerprint density at radius 2 is 1.68 bits per heavy atom. The van der Waals surface area contributed by atoms with E-state index in [4.69, 9.17) is 26.4 Å². The molecule has 1 fully saturated rings. The largest absolute Gasteiger partial charge is 0.497 e. The third kappa shape index (κ3) is 5.82. The first-order valence-electron chi connectivity index (χ1n) is 10.8. The molecule has 1 N–H and O–H groups in total. The maximum absolute atomic E-state index is 13.3. The van der Waals surface area contributed by atoms with Crippen molar-refractivity contribution in [3.05, 3.63) is 48.5 Å². The zero-order chi connectivity index (χ0) is 24.7. The Balaban J connectivity index is 1.76. The molecule has 2 amide bonds. The highest BCUT2D eigenvalue weighted by Crippen LogP contribution is 2.29. The van der Waals surface area contributed by atoms with Gasteiger partial charge in [0.2, 0.25) is 5.91 Å². The van der Waals surface area contributed by atoms with Crippen LogP contribution in [-0.4, -0.2) is 61.2 Å². The second-order valence-corrected chi connectivity index (χ2v) is 7.86. The number of nitrogens with zero attached hydrogens (tertiary/aromatic N) is 2. The summed E-state index contributed by atoms with van der Waals surface area (Å²) in [5, 5.41) is 2.90. The van der Waals surface area contributed by atoms with Crippen molar-refractivity contribution < 1.29 is 28.6 Å². The van der Waals surface area contributed by atoms with Gasteiger partial charge in [-0.25, -0.2) is 0 Å². The zero-order valence-electron chi connectivity index (χ0n) is 19.3. The van der Waals surface area contributed by atoms with Gasteiger partial charge in [-0.2, -0.15) is 0 Å². The molecule has 1 aliphatic rings. The number of anilines is 2. The molecule has 1 aliphatic heterocycles. The highest BCUT2D eigenvalue weighted by molar-refractivity contribution is 7.80. The fourth-order valence-corrected chi connectivity index (χ4v) is 3.82. The molecule has 2 aromatic rings. The number of rotatable bonds is 10. The second-order valence-electron chi connectivity index (χ2n) is 7.50. The molecule has 34 heavy (non-hydrogen) atoms. The van der Waals surface area contributed by atoms with E-state index < -0.39 is 23.8 Å². The SMILES string of the molecule is CCCOc1ccc(NC(=O)CC2C(=O)N(c3ccc(OC)cc3)C(=S)N2CC(=O)OC)cc1. The lowest BCUT2D eigenvalue weighted by Gasteiger charge is -2.22. The fourth-order valence-electron chi connectivity index (χ4n) is 3.43. The van der Waals surface area contributed by atoms with E-state index in [1.165, 1.54) is 16.9 Å². The van der Waals surface area contributed by atoms with Gasteiger partial charge in [-0.05, 0) is 67.2 Å². The highest BCUT2D eigenvalue weighted by Gasteiger charge is 2.45. The smallest absolute Gasteiger partial charge is 0.325 e. The molecule has 0 aromatic heterocycles. The Morgan fingerprint density at radius 1 is 1.03 bits per heavy atom. The Labute approximate surface area is 203 Å². The van der Waals surface area contributed by atoms with Crippen LogP contribution in [0.2, 0.25) is 0 Å². The number of thiocarbonyl (C=S) groups is 1. The summed E-state index contributed by atoms with van der Waals surface area (Å²) in [5.74, 6) is -0.0440. The van der Waals surface area contributed by atoms with Crippen LogP contribution in [0.5, 0.6) is 11.5 Å². The molecule has 0 radical (unpaired) electrons. The van der Waals surface area contributed by atoms with Gasteiger partial charge in [0.25, 0.3) is 5.91 Å². The number of methoxy groups -OCH3 is 2. The van der Waals surface area contributed by atoms with E-state index in [0.717, 1.165) is 6.42 Å². The van der Waals surface area contributed by atoms with Crippen LogP contribution in [0.1, 0.15) is 19.8 Å². The van der Waals surface area contributed by atoms with Gasteiger partial charge in [-0.15, -0.1) is 0 Å². The van der Waals surface area contributed by atoms with E-state index in [0.29, 0.717) is 29.5 Å². The van der Waals surface area contributed by atoms with Gasteiger partial charge in [0.1, 0.15) is 24.1 Å². The van der Waals surface area contributed by atoms with E-state index in [1.807, 2.05) is 6.92 Å². The highest BCUT2D eigenvalue weighted by atomic mass is 32.1. The molecule has 1 atom stereocenters. The fraction of sp³-hybridized carbons (Fsp3) is 0.333. The Bertz CT molecular complexity index is 1040. The Kier molecular flexibility index (Phi) is 8.42. The zero-order valence-corrected chi connectivity index (χ0v) is 20.1. The number of carbonyl (C=O) groups excluding carboxylic acids is 3. The van der Waals surface area contributed by atoms with E-state index in [9.17, 15) is 14.4 Å². The number of nitrogens with one attached hydrogen (secondary N) is 1. The van der Waals surface area contributed by atoms with Crippen molar-refractivity contribution in [2.75, 3.05) is 37.6 Å². The molecule has 1 unspecified atom stereocenters. The van der Waals surface area contributed by atoms with E-state index in [1.54, 1.807) is 55.6 Å². The lowest BCUT2D eigenvalue weighted by atomic mass is 10.1. The molecule has 1 saturated heterocycles. The summed E-state index contributed by atoms with van der Waals surface area (Å²) in [4.78, 5) is 40.8. The topological polar surface area (TPSA) is 97.4 Å². The molecule has 0 bridgehead atoms. The number of hydrogen-bond donors (Lipinski definition) is 1. The molecule has 0 saturated carbocycles. The van der Waals surface area contributed by atoms with E-state index >= 15 is 0 Å². The lowest BCUT2D eigenvalue weighted by molar-refractivity contribution is -0.141. The summed E-state index contributed by atoms with van der Waals surface area (Å²) in [6, 6.07) is 12.8. The Morgan fingerprint density at radius 3 is 2.26 bits per heavy atom. The van der Waals surface area contributed by atoms with Crippen LogP contribution in [0.25, 0.3) is 0 Å². The van der Waals surface area contributed by atoms with Crippen LogP contribution in [0, 0.1) is 0 Å². The number of ether oxygens (including phenoxy) is 3. The van der Waals surface area contributed by atoms with Crippen molar-refractivity contribution in [1.29, 1.82) is 0 Å². The number of amides is 2. The predicted octanol–water partition coefficient (Wildman–Crippen LogP) is 2.99. The minimum atomic E-state index is -0.958. The van der Waals surface area contributed by atoms with Crippen molar-refractivity contribution in [2.24, 2.45) is 0 Å². The quantitative estimate of drug-likeness (QED) is 0.405. The predicted molar refractivity (Wildman–Crippen MR) is 131 cm³/mol. The standard InChI is InChI=1S/C24H27N3O6S/c1-4-13-33-19-9-5-16(6-10-19)25-21(28)14-20-23(30)27(17-7-11-18(31-2)12-8-17)24(34)26(20)15-22(29)32-3/h5-12,20H,4,13-15H2,1-3H3,(H,25,28). The van der Waals surface area contributed by atoms with Crippen LogP contribution in [0.3, 0.4) is 0 Å². The minimum Gasteiger partial charge on any atom is -0.497 e. The molecular formula is C24H27N3O6S. The van der Waals surface area contributed by atoms with Gasteiger partial charge in [-0.1, -0.05) is 6.92 Å². The maximum atomic E-state index is 13.3. The molecule has 2 aromatic carbocycles. The summed E-state index contributed by atoms with van der Waals surface area (Å²) in [6.45, 7) is 2.37. The van der Waals surface area contributed by atoms with Gasteiger partial charge in [0.15, 0.2) is 5.11 Å². The number of benzene rings is 2. The summed E-state index contributed by atoms with van der Waals surface area (Å²) in [5.41, 5.74) is 1.07. The van der Waals surface area contributed by atoms with Gasteiger partial charge in [-0.3, -0.25) is 19.3 Å². The van der Waals surface area contributed by atoms with Crippen LogP contribution >= 0.6 is 12.2 Å². The normalized spacial score (nSPS) is 15.3. The monoisotopic (exact) mass is 485 g/mol. The molecular weight excluding hydrogens is 458 g/mol. The molecule has 0 spiro atoms. The lowest BCUT2D eigenvalue weighted by Crippen LogP contribution is -2.41.